The SMILES string of the molecule is O=C(O[C@H](Cc1cc(Cl)c(O)c(C(F)(F)F)c1)C(=O)N1CCC(N2CCNCC2)CC1)N1CCC(n2c(=O)[nH]c3ccccc32)CC1. The molecule has 3 saturated heterocycles. The van der Waals surface area contributed by atoms with E-state index in [0.29, 0.717) is 32.0 Å². The summed E-state index contributed by atoms with van der Waals surface area (Å²) in [4.78, 5) is 48.4. The van der Waals surface area contributed by atoms with Crippen LogP contribution in [0, 0.1) is 0 Å². The van der Waals surface area contributed by atoms with Crippen molar-refractivity contribution in [1.82, 2.24) is 29.6 Å². The maximum absolute atomic E-state index is 13.9. The van der Waals surface area contributed by atoms with Crippen molar-refractivity contribution in [3.63, 3.8) is 0 Å². The second-order valence-electron chi connectivity index (χ2n) is 12.4. The third-order valence-corrected chi connectivity index (χ3v) is 9.81. The first kappa shape index (κ1) is 33.2. The van der Waals surface area contributed by atoms with Gasteiger partial charge in [0.1, 0.15) is 5.75 Å². The number of H-pyrrole nitrogens is 1. The fourth-order valence-corrected chi connectivity index (χ4v) is 7.27. The number of halogens is 4. The van der Waals surface area contributed by atoms with E-state index in [4.69, 9.17) is 16.3 Å². The van der Waals surface area contributed by atoms with E-state index in [2.05, 4.69) is 15.2 Å². The van der Waals surface area contributed by atoms with Crippen LogP contribution in [0.5, 0.6) is 5.75 Å². The van der Waals surface area contributed by atoms with Crippen molar-refractivity contribution in [3.05, 3.63) is 63.0 Å². The van der Waals surface area contributed by atoms with Crippen LogP contribution in [0.3, 0.4) is 0 Å². The van der Waals surface area contributed by atoms with Crippen LogP contribution < -0.4 is 11.0 Å². The van der Waals surface area contributed by atoms with E-state index in [1.807, 2.05) is 24.3 Å². The molecule has 0 bridgehead atoms. The lowest BCUT2D eigenvalue weighted by atomic mass is 9.99. The molecule has 1 aromatic heterocycles. The zero-order chi connectivity index (χ0) is 33.3. The van der Waals surface area contributed by atoms with Gasteiger partial charge in [-0.15, -0.1) is 0 Å². The lowest BCUT2D eigenvalue weighted by molar-refractivity contribution is -0.142. The van der Waals surface area contributed by atoms with Crippen molar-refractivity contribution in [2.45, 2.75) is 56.5 Å². The fourth-order valence-electron chi connectivity index (χ4n) is 7.02. The molecule has 47 heavy (non-hydrogen) atoms. The number of phenolic OH excluding ortho intramolecular Hbond substituents is 1. The summed E-state index contributed by atoms with van der Waals surface area (Å²) in [7, 11) is 0. The van der Waals surface area contributed by atoms with Gasteiger partial charge in [-0.25, -0.2) is 9.59 Å². The van der Waals surface area contributed by atoms with Crippen molar-refractivity contribution in [1.29, 1.82) is 0 Å². The summed E-state index contributed by atoms with van der Waals surface area (Å²) >= 11 is 5.96. The average molecular weight is 679 g/mol. The minimum atomic E-state index is -4.89. The summed E-state index contributed by atoms with van der Waals surface area (Å²) in [6.45, 7) is 5.03. The maximum Gasteiger partial charge on any atom is 0.420 e. The zero-order valence-corrected chi connectivity index (χ0v) is 26.5. The molecule has 15 heteroatoms. The van der Waals surface area contributed by atoms with Crippen molar-refractivity contribution in [3.8, 4) is 5.75 Å². The van der Waals surface area contributed by atoms with E-state index < -0.39 is 40.6 Å². The number of carbonyl (C=O) groups excluding carboxylic acids is 2. The van der Waals surface area contributed by atoms with Gasteiger partial charge in [-0.3, -0.25) is 14.3 Å². The molecule has 3 fully saturated rings. The summed E-state index contributed by atoms with van der Waals surface area (Å²) in [5, 5.41) is 12.8. The maximum atomic E-state index is 13.9. The highest BCUT2D eigenvalue weighted by atomic mass is 35.5. The number of amides is 2. The van der Waals surface area contributed by atoms with E-state index in [1.165, 1.54) is 4.90 Å². The third kappa shape index (κ3) is 7.24. The fraction of sp³-hybridized carbons (Fsp3) is 0.531. The number of nitrogens with one attached hydrogen (secondary N) is 2. The molecule has 4 heterocycles. The number of hydrogen-bond acceptors (Lipinski definition) is 7. The lowest BCUT2D eigenvalue weighted by Crippen LogP contribution is -2.54. The van der Waals surface area contributed by atoms with Gasteiger partial charge in [0.2, 0.25) is 0 Å². The number of aromatic amines is 1. The van der Waals surface area contributed by atoms with E-state index >= 15 is 0 Å². The average Bonchev–Trinajstić information content (AvgIpc) is 3.41. The summed E-state index contributed by atoms with van der Waals surface area (Å²) in [6.07, 6.45) is -5.00. The molecule has 0 aliphatic carbocycles. The summed E-state index contributed by atoms with van der Waals surface area (Å²) < 4.78 is 48.5. The highest BCUT2D eigenvalue weighted by Gasteiger charge is 2.38. The molecule has 3 aliphatic rings. The number of para-hydroxylation sites is 2. The van der Waals surface area contributed by atoms with Crippen LogP contribution in [-0.2, 0) is 22.1 Å². The Morgan fingerprint density at radius 3 is 2.28 bits per heavy atom. The molecule has 0 radical (unpaired) electrons. The van der Waals surface area contributed by atoms with Gasteiger partial charge < -0.3 is 29.9 Å². The van der Waals surface area contributed by atoms with Crippen molar-refractivity contribution >= 4 is 34.6 Å². The summed E-state index contributed by atoms with van der Waals surface area (Å²) in [6, 6.07) is 9.42. The van der Waals surface area contributed by atoms with Gasteiger partial charge in [0.25, 0.3) is 5.91 Å². The Kier molecular flexibility index (Phi) is 9.72. The molecular weight excluding hydrogens is 641 g/mol. The van der Waals surface area contributed by atoms with Crippen molar-refractivity contribution in [2.75, 3.05) is 52.4 Å². The predicted molar refractivity (Wildman–Crippen MR) is 169 cm³/mol. The number of aromatic nitrogens is 2. The Bertz CT molecular complexity index is 1660. The number of imidazole rings is 1. The predicted octanol–water partition coefficient (Wildman–Crippen LogP) is 3.99. The number of piperidine rings is 2. The smallest absolute Gasteiger partial charge is 0.420 e. The normalized spacial score (nSPS) is 19.7. The summed E-state index contributed by atoms with van der Waals surface area (Å²) in [5.74, 6) is -1.59. The minimum Gasteiger partial charge on any atom is -0.506 e. The van der Waals surface area contributed by atoms with Crippen LogP contribution in [-0.4, -0.2) is 106 Å². The van der Waals surface area contributed by atoms with Crippen LogP contribution in [0.2, 0.25) is 5.02 Å². The number of aromatic hydroxyl groups is 1. The molecule has 2 aromatic carbocycles. The minimum absolute atomic E-state index is 0.000558. The van der Waals surface area contributed by atoms with Gasteiger partial charge in [-0.1, -0.05) is 23.7 Å². The number of alkyl halides is 3. The Balaban J connectivity index is 1.16. The second-order valence-corrected chi connectivity index (χ2v) is 12.8. The van der Waals surface area contributed by atoms with E-state index in [9.17, 15) is 32.7 Å². The molecular formula is C32H38ClF3N6O5. The molecule has 11 nitrogen and oxygen atoms in total. The van der Waals surface area contributed by atoms with E-state index in [0.717, 1.165) is 62.2 Å². The van der Waals surface area contributed by atoms with Crippen LogP contribution >= 0.6 is 11.6 Å². The first-order chi connectivity index (χ1) is 22.5. The molecule has 3 aliphatic heterocycles. The molecule has 3 aromatic rings. The van der Waals surface area contributed by atoms with Crippen molar-refractivity contribution < 1.29 is 32.6 Å². The number of phenols is 1. The number of likely N-dealkylation sites (tertiary alicyclic amines) is 2. The number of nitrogens with zero attached hydrogens (tertiary/aromatic N) is 4. The van der Waals surface area contributed by atoms with Crippen LogP contribution in [0.1, 0.15) is 42.9 Å². The van der Waals surface area contributed by atoms with Gasteiger partial charge in [0.15, 0.2) is 6.10 Å². The van der Waals surface area contributed by atoms with E-state index in [-0.39, 0.29) is 36.8 Å². The number of carbonyl (C=O) groups is 2. The molecule has 3 N–H and O–H groups in total. The number of benzene rings is 2. The molecule has 1 atom stereocenters. The Hall–Kier alpha value is -3.75. The number of ether oxygens (including phenoxy) is 1. The largest absolute Gasteiger partial charge is 0.506 e. The van der Waals surface area contributed by atoms with Gasteiger partial charge >= 0.3 is 18.0 Å². The lowest BCUT2D eigenvalue weighted by Gasteiger charge is -2.41. The first-order valence-electron chi connectivity index (χ1n) is 16.0. The topological polar surface area (TPSA) is 123 Å². The molecule has 6 rings (SSSR count). The van der Waals surface area contributed by atoms with E-state index in [1.54, 1.807) is 9.47 Å². The summed E-state index contributed by atoms with van der Waals surface area (Å²) in [5.41, 5.74) is -0.0656. The van der Waals surface area contributed by atoms with Crippen LogP contribution in [0.25, 0.3) is 11.0 Å². The van der Waals surface area contributed by atoms with Gasteiger partial charge in [-0.05, 0) is 55.5 Å². The number of hydrogen-bond donors (Lipinski definition) is 3. The van der Waals surface area contributed by atoms with Crippen LogP contribution in [0.4, 0.5) is 18.0 Å². The Labute approximate surface area is 274 Å². The molecule has 0 spiro atoms. The van der Waals surface area contributed by atoms with Crippen LogP contribution in [0.15, 0.2) is 41.2 Å². The monoisotopic (exact) mass is 678 g/mol. The standard InChI is InChI=1S/C32H38ClF3N6O5/c33-24-18-20(17-23(28(24)43)32(34,35)36)19-27(29(44)40-11-5-21(6-12-40)39-15-9-37-10-16-39)47-31(46)41-13-7-22(8-14-41)42-26-4-2-1-3-25(26)38-30(42)45/h1-4,17-18,21-22,27,37,43H,5-16,19H2,(H,38,45)/t27-/m1/s1. The molecule has 254 valence electrons. The van der Waals surface area contributed by atoms with Gasteiger partial charge in [0, 0.05) is 70.9 Å². The zero-order valence-electron chi connectivity index (χ0n) is 25.8. The number of fused-ring (bicyclic) bond motifs is 1. The Morgan fingerprint density at radius 1 is 0.957 bits per heavy atom. The first-order valence-corrected chi connectivity index (χ1v) is 16.3. The quantitative estimate of drug-likeness (QED) is 0.361. The Morgan fingerprint density at radius 2 is 1.60 bits per heavy atom. The molecule has 2 amide bonds. The second kappa shape index (κ2) is 13.8. The third-order valence-electron chi connectivity index (χ3n) is 9.52. The molecule has 0 saturated carbocycles. The highest BCUT2D eigenvalue weighted by Crippen LogP contribution is 2.40. The number of piperazine rings is 1. The van der Waals surface area contributed by atoms with Gasteiger partial charge in [0.05, 0.1) is 21.6 Å². The number of rotatable bonds is 6. The van der Waals surface area contributed by atoms with Gasteiger partial charge in [-0.2, -0.15) is 13.2 Å². The molecule has 0 unspecified atom stereocenters. The highest BCUT2D eigenvalue weighted by molar-refractivity contribution is 6.32. The van der Waals surface area contributed by atoms with Crippen molar-refractivity contribution in [2.24, 2.45) is 0 Å².